The van der Waals surface area contributed by atoms with E-state index in [4.69, 9.17) is 16.3 Å². The van der Waals surface area contributed by atoms with E-state index in [1.807, 2.05) is 24.3 Å². The quantitative estimate of drug-likeness (QED) is 0.866. The van der Waals surface area contributed by atoms with Gasteiger partial charge in [-0.2, -0.15) is 0 Å². The molecule has 1 aliphatic rings. The Labute approximate surface area is 142 Å². The molecular formula is C17H25ClN2O3. The number of amides is 2. The average Bonchev–Trinajstić information content (AvgIpc) is 2.54. The molecule has 1 aromatic rings. The van der Waals surface area contributed by atoms with E-state index in [0.717, 1.165) is 12.0 Å². The Morgan fingerprint density at radius 3 is 2.74 bits per heavy atom. The van der Waals surface area contributed by atoms with Gasteiger partial charge in [-0.05, 0) is 30.0 Å². The number of benzene rings is 1. The summed E-state index contributed by atoms with van der Waals surface area (Å²) in [5.74, 6) is 0.450. The minimum atomic E-state index is -0.298. The van der Waals surface area contributed by atoms with Crippen molar-refractivity contribution in [3.8, 4) is 0 Å². The Kier molecular flexibility index (Phi) is 6.69. The van der Waals surface area contributed by atoms with Crippen LogP contribution in [-0.2, 0) is 4.74 Å². The SMILES string of the molecule is CC(C)C[C@H](NC(=O)N1CCO[C@H](CO)C1)c1ccc(Cl)cc1. The Morgan fingerprint density at radius 2 is 2.13 bits per heavy atom. The molecule has 2 N–H and O–H groups in total. The first-order chi connectivity index (χ1) is 11.0. The number of urea groups is 1. The molecule has 0 saturated carbocycles. The van der Waals surface area contributed by atoms with Crippen molar-refractivity contribution in [3.05, 3.63) is 34.9 Å². The number of nitrogens with one attached hydrogen (secondary N) is 1. The standard InChI is InChI=1S/C17H25ClN2O3/c1-12(2)9-16(13-3-5-14(18)6-4-13)19-17(22)20-7-8-23-15(10-20)11-21/h3-6,12,15-16,21H,7-11H2,1-2H3,(H,19,22)/t15-,16-/m0/s1. The highest BCUT2D eigenvalue weighted by molar-refractivity contribution is 6.30. The maximum atomic E-state index is 12.5. The van der Waals surface area contributed by atoms with Crippen LogP contribution in [0.1, 0.15) is 31.9 Å². The van der Waals surface area contributed by atoms with Gasteiger partial charge in [0.25, 0.3) is 0 Å². The zero-order chi connectivity index (χ0) is 16.8. The van der Waals surface area contributed by atoms with E-state index < -0.39 is 0 Å². The Bertz CT molecular complexity index is 507. The average molecular weight is 341 g/mol. The molecule has 1 aromatic carbocycles. The summed E-state index contributed by atoms with van der Waals surface area (Å²) < 4.78 is 5.39. The van der Waals surface area contributed by atoms with Crippen LogP contribution in [0.4, 0.5) is 4.79 Å². The van der Waals surface area contributed by atoms with Crippen molar-refractivity contribution in [1.29, 1.82) is 0 Å². The van der Waals surface area contributed by atoms with Crippen LogP contribution in [0, 0.1) is 5.92 Å². The molecule has 1 fully saturated rings. The summed E-state index contributed by atoms with van der Waals surface area (Å²) in [6.07, 6.45) is 0.551. The lowest BCUT2D eigenvalue weighted by atomic mass is 9.97. The van der Waals surface area contributed by atoms with Crippen LogP contribution in [0.3, 0.4) is 0 Å². The number of hydrogen-bond acceptors (Lipinski definition) is 3. The van der Waals surface area contributed by atoms with Gasteiger partial charge in [0.15, 0.2) is 0 Å². The van der Waals surface area contributed by atoms with Crippen LogP contribution in [0.2, 0.25) is 5.02 Å². The van der Waals surface area contributed by atoms with E-state index in [1.165, 1.54) is 0 Å². The number of halogens is 1. The number of rotatable bonds is 5. The molecule has 0 unspecified atom stereocenters. The number of nitrogens with zero attached hydrogens (tertiary/aromatic N) is 1. The van der Waals surface area contributed by atoms with Gasteiger partial charge in [-0.3, -0.25) is 0 Å². The molecule has 2 rings (SSSR count). The van der Waals surface area contributed by atoms with Crippen molar-refractivity contribution in [2.24, 2.45) is 5.92 Å². The molecule has 6 heteroatoms. The largest absolute Gasteiger partial charge is 0.394 e. The number of hydrogen-bond donors (Lipinski definition) is 2. The summed E-state index contributed by atoms with van der Waals surface area (Å²) in [6, 6.07) is 7.40. The molecule has 1 heterocycles. The van der Waals surface area contributed by atoms with E-state index in [2.05, 4.69) is 19.2 Å². The normalized spacial score (nSPS) is 19.7. The Balaban J connectivity index is 2.04. The molecule has 2 amide bonds. The highest BCUT2D eigenvalue weighted by Crippen LogP contribution is 2.23. The molecular weight excluding hydrogens is 316 g/mol. The lowest BCUT2D eigenvalue weighted by molar-refractivity contribution is -0.0405. The third kappa shape index (κ3) is 5.37. The van der Waals surface area contributed by atoms with Crippen molar-refractivity contribution >= 4 is 17.6 Å². The monoisotopic (exact) mass is 340 g/mol. The first-order valence-electron chi connectivity index (χ1n) is 8.03. The fourth-order valence-electron chi connectivity index (χ4n) is 2.70. The summed E-state index contributed by atoms with van der Waals surface area (Å²) in [5.41, 5.74) is 1.04. The van der Waals surface area contributed by atoms with E-state index >= 15 is 0 Å². The highest BCUT2D eigenvalue weighted by atomic mass is 35.5. The summed E-state index contributed by atoms with van der Waals surface area (Å²) in [6.45, 7) is 5.59. The van der Waals surface area contributed by atoms with Gasteiger partial charge < -0.3 is 20.1 Å². The summed E-state index contributed by atoms with van der Waals surface area (Å²) >= 11 is 5.95. The molecule has 0 radical (unpaired) electrons. The maximum Gasteiger partial charge on any atom is 0.318 e. The summed E-state index contributed by atoms with van der Waals surface area (Å²) in [7, 11) is 0. The lowest BCUT2D eigenvalue weighted by Gasteiger charge is -2.33. The van der Waals surface area contributed by atoms with Crippen LogP contribution in [0.25, 0.3) is 0 Å². The molecule has 1 aliphatic heterocycles. The van der Waals surface area contributed by atoms with Crippen molar-refractivity contribution in [3.63, 3.8) is 0 Å². The number of carbonyl (C=O) groups is 1. The van der Waals surface area contributed by atoms with Crippen molar-refractivity contribution in [2.75, 3.05) is 26.3 Å². The second-order valence-electron chi connectivity index (χ2n) is 6.30. The molecule has 2 atom stereocenters. The molecule has 23 heavy (non-hydrogen) atoms. The lowest BCUT2D eigenvalue weighted by Crippen LogP contribution is -2.51. The molecule has 0 spiro atoms. The van der Waals surface area contributed by atoms with Gasteiger partial charge in [-0.25, -0.2) is 4.79 Å². The number of morpholine rings is 1. The minimum absolute atomic E-state index is 0.0600. The number of aliphatic hydroxyl groups is 1. The zero-order valence-electron chi connectivity index (χ0n) is 13.7. The van der Waals surface area contributed by atoms with Crippen molar-refractivity contribution in [2.45, 2.75) is 32.4 Å². The third-order valence-corrected chi connectivity index (χ3v) is 4.16. The Morgan fingerprint density at radius 1 is 1.43 bits per heavy atom. The number of carbonyl (C=O) groups excluding carboxylic acids is 1. The van der Waals surface area contributed by atoms with E-state index in [0.29, 0.717) is 30.6 Å². The summed E-state index contributed by atoms with van der Waals surface area (Å²) in [5, 5.41) is 13.0. The van der Waals surface area contributed by atoms with E-state index in [9.17, 15) is 9.90 Å². The van der Waals surface area contributed by atoms with E-state index in [1.54, 1.807) is 4.90 Å². The van der Waals surface area contributed by atoms with Crippen LogP contribution in [0.15, 0.2) is 24.3 Å². The second kappa shape index (κ2) is 8.52. The Hall–Kier alpha value is -1.30. The van der Waals surface area contributed by atoms with Crippen molar-refractivity contribution < 1.29 is 14.6 Å². The predicted molar refractivity (Wildman–Crippen MR) is 90.6 cm³/mol. The molecule has 0 aromatic heterocycles. The van der Waals surface area contributed by atoms with Crippen LogP contribution < -0.4 is 5.32 Å². The fourth-order valence-corrected chi connectivity index (χ4v) is 2.83. The third-order valence-electron chi connectivity index (χ3n) is 3.91. The highest BCUT2D eigenvalue weighted by Gasteiger charge is 2.26. The molecule has 0 bridgehead atoms. The zero-order valence-corrected chi connectivity index (χ0v) is 14.4. The molecule has 5 nitrogen and oxygen atoms in total. The molecule has 1 saturated heterocycles. The molecule has 128 valence electrons. The number of aliphatic hydroxyl groups excluding tert-OH is 1. The smallest absolute Gasteiger partial charge is 0.318 e. The fraction of sp³-hybridized carbons (Fsp3) is 0.588. The topological polar surface area (TPSA) is 61.8 Å². The second-order valence-corrected chi connectivity index (χ2v) is 6.74. The van der Waals surface area contributed by atoms with Gasteiger partial charge in [0.2, 0.25) is 0 Å². The number of ether oxygens (including phenoxy) is 1. The van der Waals surface area contributed by atoms with Crippen molar-refractivity contribution in [1.82, 2.24) is 10.2 Å². The minimum Gasteiger partial charge on any atom is -0.394 e. The van der Waals surface area contributed by atoms with Gasteiger partial charge >= 0.3 is 6.03 Å². The van der Waals surface area contributed by atoms with Crippen LogP contribution >= 0.6 is 11.6 Å². The van der Waals surface area contributed by atoms with Gasteiger partial charge in [0, 0.05) is 11.6 Å². The first-order valence-corrected chi connectivity index (χ1v) is 8.40. The van der Waals surface area contributed by atoms with Gasteiger partial charge in [-0.15, -0.1) is 0 Å². The summed E-state index contributed by atoms with van der Waals surface area (Å²) in [4.78, 5) is 14.2. The van der Waals surface area contributed by atoms with Gasteiger partial charge in [-0.1, -0.05) is 37.6 Å². The van der Waals surface area contributed by atoms with Gasteiger partial charge in [0.05, 0.1) is 31.9 Å². The van der Waals surface area contributed by atoms with Crippen LogP contribution in [0.5, 0.6) is 0 Å². The van der Waals surface area contributed by atoms with E-state index in [-0.39, 0.29) is 24.8 Å². The maximum absolute atomic E-state index is 12.5. The predicted octanol–water partition coefficient (Wildman–Crippen LogP) is 2.83. The first kappa shape index (κ1) is 18.0. The van der Waals surface area contributed by atoms with Crippen LogP contribution in [-0.4, -0.2) is 48.4 Å². The van der Waals surface area contributed by atoms with Gasteiger partial charge in [0.1, 0.15) is 0 Å². The molecule has 0 aliphatic carbocycles.